The molecule has 0 amide bonds. The van der Waals surface area contributed by atoms with Crippen LogP contribution in [0.25, 0.3) is 0 Å². The van der Waals surface area contributed by atoms with Gasteiger partial charge in [0.05, 0.1) is 5.69 Å². The van der Waals surface area contributed by atoms with Crippen molar-refractivity contribution in [3.63, 3.8) is 0 Å². The fourth-order valence-electron chi connectivity index (χ4n) is 1.32. The van der Waals surface area contributed by atoms with Crippen LogP contribution in [0.3, 0.4) is 0 Å². The molecule has 4 nitrogen and oxygen atoms in total. The number of hydrogen-bond donors (Lipinski definition) is 2. The van der Waals surface area contributed by atoms with E-state index in [9.17, 15) is 22.8 Å². The summed E-state index contributed by atoms with van der Waals surface area (Å²) >= 11 is 0. The molecule has 0 heterocycles. The lowest BCUT2D eigenvalue weighted by Gasteiger charge is -2.10. The molecule has 0 spiro atoms. The standard InChI is InChI=1S/C11H8F3NO3/c1-2-5-9(13)6(12)3-7(10(5)14)15-8(4-16)11(17)18/h3,15H,2H2,1H3,(H,17,18). The van der Waals surface area contributed by atoms with E-state index in [4.69, 9.17) is 5.11 Å². The Bertz CT molecular complexity index is 551. The van der Waals surface area contributed by atoms with Crippen LogP contribution in [0.5, 0.6) is 0 Å². The first-order valence-electron chi connectivity index (χ1n) is 4.84. The van der Waals surface area contributed by atoms with Crippen molar-refractivity contribution in [1.82, 2.24) is 0 Å². The summed E-state index contributed by atoms with van der Waals surface area (Å²) in [5.74, 6) is -4.50. The molecular weight excluding hydrogens is 251 g/mol. The van der Waals surface area contributed by atoms with Crippen molar-refractivity contribution < 1.29 is 27.9 Å². The highest BCUT2D eigenvalue weighted by Gasteiger charge is 2.19. The van der Waals surface area contributed by atoms with Crippen molar-refractivity contribution in [2.45, 2.75) is 13.3 Å². The zero-order valence-electron chi connectivity index (χ0n) is 9.18. The number of benzene rings is 1. The van der Waals surface area contributed by atoms with Crippen molar-refractivity contribution in [3.8, 4) is 0 Å². The molecule has 2 N–H and O–H groups in total. The molecule has 1 rings (SSSR count). The average molecular weight is 259 g/mol. The lowest BCUT2D eigenvalue weighted by Crippen LogP contribution is -2.13. The summed E-state index contributed by atoms with van der Waals surface area (Å²) in [6.45, 7) is 1.40. The Labute approximate surface area is 99.7 Å². The van der Waals surface area contributed by atoms with Crippen LogP contribution >= 0.6 is 0 Å². The topological polar surface area (TPSA) is 66.4 Å². The number of hydrogen-bond acceptors (Lipinski definition) is 3. The Morgan fingerprint density at radius 2 is 2.00 bits per heavy atom. The number of halogens is 3. The summed E-state index contributed by atoms with van der Waals surface area (Å²) in [5, 5.41) is 10.4. The van der Waals surface area contributed by atoms with Crippen LogP contribution in [0.2, 0.25) is 0 Å². The Kier molecular flexibility index (Phi) is 4.12. The van der Waals surface area contributed by atoms with Crippen molar-refractivity contribution in [2.24, 2.45) is 0 Å². The lowest BCUT2D eigenvalue weighted by atomic mass is 10.1. The monoisotopic (exact) mass is 259 g/mol. The van der Waals surface area contributed by atoms with Crippen LogP contribution in [0.4, 0.5) is 18.9 Å². The third-order valence-electron chi connectivity index (χ3n) is 2.18. The van der Waals surface area contributed by atoms with Gasteiger partial charge in [-0.1, -0.05) is 6.92 Å². The van der Waals surface area contributed by atoms with Crippen LogP contribution in [0, 0.1) is 17.5 Å². The molecule has 0 aromatic heterocycles. The largest absolute Gasteiger partial charge is 0.476 e. The minimum atomic E-state index is -1.69. The van der Waals surface area contributed by atoms with Gasteiger partial charge in [0.2, 0.25) is 5.70 Å². The van der Waals surface area contributed by atoms with E-state index in [0.29, 0.717) is 6.07 Å². The summed E-state index contributed by atoms with van der Waals surface area (Å²) in [5.41, 5.74) is -2.17. The fraction of sp³-hybridized carbons (Fsp3) is 0.182. The number of rotatable bonds is 4. The van der Waals surface area contributed by atoms with E-state index < -0.39 is 40.4 Å². The second-order valence-electron chi connectivity index (χ2n) is 3.27. The number of carboxylic acids is 1. The van der Waals surface area contributed by atoms with E-state index in [2.05, 4.69) is 0 Å². The minimum absolute atomic E-state index is 0.128. The first-order chi connectivity index (χ1) is 8.42. The Balaban J connectivity index is 3.31. The Morgan fingerprint density at radius 1 is 1.39 bits per heavy atom. The van der Waals surface area contributed by atoms with Gasteiger partial charge in [-0.15, -0.1) is 0 Å². The van der Waals surface area contributed by atoms with E-state index in [0.717, 1.165) is 5.94 Å². The van der Waals surface area contributed by atoms with Crippen molar-refractivity contribution >= 4 is 17.6 Å². The van der Waals surface area contributed by atoms with Crippen LogP contribution in [0.15, 0.2) is 11.8 Å². The summed E-state index contributed by atoms with van der Waals surface area (Å²) in [7, 11) is 0. The SMILES string of the molecule is CCc1c(F)c(F)cc(NC(=C=O)C(=O)O)c1F. The van der Waals surface area contributed by atoms with Crippen LogP contribution in [-0.4, -0.2) is 17.0 Å². The average Bonchev–Trinajstić information content (AvgIpc) is 2.32. The van der Waals surface area contributed by atoms with Gasteiger partial charge in [-0.2, -0.15) is 0 Å². The smallest absolute Gasteiger partial charge is 0.364 e. The van der Waals surface area contributed by atoms with Crippen LogP contribution < -0.4 is 5.32 Å². The third kappa shape index (κ3) is 2.52. The van der Waals surface area contributed by atoms with Gasteiger partial charge >= 0.3 is 5.97 Å². The van der Waals surface area contributed by atoms with Gasteiger partial charge in [-0.25, -0.2) is 22.8 Å². The van der Waals surface area contributed by atoms with Crippen LogP contribution in [0.1, 0.15) is 12.5 Å². The van der Waals surface area contributed by atoms with E-state index in [1.54, 1.807) is 0 Å². The number of carbonyl (C=O) groups is 1. The molecule has 0 aliphatic rings. The molecule has 0 radical (unpaired) electrons. The van der Waals surface area contributed by atoms with E-state index >= 15 is 0 Å². The molecule has 0 aliphatic carbocycles. The highest BCUT2D eigenvalue weighted by Crippen LogP contribution is 2.25. The first kappa shape index (κ1) is 13.8. The van der Waals surface area contributed by atoms with Gasteiger partial charge in [-0.3, -0.25) is 0 Å². The summed E-state index contributed by atoms with van der Waals surface area (Å²) in [6.07, 6.45) is -0.128. The second-order valence-corrected chi connectivity index (χ2v) is 3.27. The molecule has 0 atom stereocenters. The zero-order valence-corrected chi connectivity index (χ0v) is 9.18. The van der Waals surface area contributed by atoms with E-state index in [-0.39, 0.29) is 6.42 Å². The summed E-state index contributed by atoms with van der Waals surface area (Å²) in [4.78, 5) is 20.8. The van der Waals surface area contributed by atoms with Crippen molar-refractivity contribution in [1.29, 1.82) is 0 Å². The number of carbonyl (C=O) groups excluding carboxylic acids is 1. The maximum atomic E-state index is 13.7. The highest BCUT2D eigenvalue weighted by atomic mass is 19.2. The van der Waals surface area contributed by atoms with Gasteiger partial charge in [0.15, 0.2) is 23.4 Å². The number of anilines is 1. The molecule has 0 unspecified atom stereocenters. The van der Waals surface area contributed by atoms with Crippen molar-refractivity contribution in [2.75, 3.05) is 5.32 Å². The molecular formula is C11H8F3NO3. The molecule has 0 saturated heterocycles. The van der Waals surface area contributed by atoms with Gasteiger partial charge in [0, 0.05) is 11.6 Å². The molecule has 7 heteroatoms. The normalized spacial score (nSPS) is 9.78. The zero-order chi connectivity index (χ0) is 13.9. The summed E-state index contributed by atoms with van der Waals surface area (Å²) < 4.78 is 40.0. The van der Waals surface area contributed by atoms with E-state index in [1.807, 2.05) is 5.32 Å². The van der Waals surface area contributed by atoms with Crippen LogP contribution in [-0.2, 0) is 16.0 Å². The number of carboxylic acid groups (broad SMARTS) is 1. The predicted octanol–water partition coefficient (Wildman–Crippen LogP) is 1.88. The molecule has 1 aromatic carbocycles. The predicted molar refractivity (Wildman–Crippen MR) is 56.2 cm³/mol. The molecule has 0 saturated carbocycles. The van der Waals surface area contributed by atoms with Gasteiger partial charge in [0.1, 0.15) is 0 Å². The molecule has 0 bridgehead atoms. The first-order valence-corrected chi connectivity index (χ1v) is 4.84. The van der Waals surface area contributed by atoms with Crippen molar-refractivity contribution in [3.05, 3.63) is 34.8 Å². The third-order valence-corrected chi connectivity index (χ3v) is 2.18. The lowest BCUT2D eigenvalue weighted by molar-refractivity contribution is -0.132. The molecule has 1 aromatic rings. The maximum absolute atomic E-state index is 13.7. The molecule has 18 heavy (non-hydrogen) atoms. The fourth-order valence-corrected chi connectivity index (χ4v) is 1.32. The molecule has 0 fully saturated rings. The Morgan fingerprint density at radius 3 is 2.44 bits per heavy atom. The molecule has 96 valence electrons. The highest BCUT2D eigenvalue weighted by molar-refractivity contribution is 5.98. The number of aliphatic carboxylic acids is 1. The van der Waals surface area contributed by atoms with Gasteiger partial charge in [0.25, 0.3) is 0 Å². The van der Waals surface area contributed by atoms with Gasteiger partial charge in [-0.05, 0) is 6.42 Å². The number of nitrogens with one attached hydrogen (secondary N) is 1. The summed E-state index contributed by atoms with van der Waals surface area (Å²) in [6, 6.07) is 0.435. The molecule has 0 aliphatic heterocycles. The second kappa shape index (κ2) is 5.37. The maximum Gasteiger partial charge on any atom is 0.364 e. The Hall–Kier alpha value is -2.27. The van der Waals surface area contributed by atoms with Gasteiger partial charge < -0.3 is 10.4 Å². The minimum Gasteiger partial charge on any atom is -0.476 e. The van der Waals surface area contributed by atoms with E-state index in [1.165, 1.54) is 6.92 Å². The quantitative estimate of drug-likeness (QED) is 0.492.